The Hall–Kier alpha value is -1.39. The lowest BCUT2D eigenvalue weighted by Gasteiger charge is -2.30. The Balaban J connectivity index is 1.74. The second-order valence-electron chi connectivity index (χ2n) is 5.39. The average Bonchev–Trinajstić information content (AvgIpc) is 2.90. The fraction of sp³-hybridized carbons (Fsp3) is 0.562. The van der Waals surface area contributed by atoms with Crippen molar-refractivity contribution in [3.05, 3.63) is 30.2 Å². The van der Waals surface area contributed by atoms with E-state index in [1.54, 1.807) is 0 Å². The van der Waals surface area contributed by atoms with Gasteiger partial charge in [-0.2, -0.15) is 0 Å². The first-order chi connectivity index (χ1) is 9.86. The molecule has 1 unspecified atom stereocenters. The molecule has 2 heterocycles. The quantitative estimate of drug-likeness (QED) is 0.910. The summed E-state index contributed by atoms with van der Waals surface area (Å²) in [5, 5.41) is 3.59. The number of ether oxygens (including phenoxy) is 1. The van der Waals surface area contributed by atoms with Crippen LogP contribution in [0.1, 0.15) is 25.7 Å². The van der Waals surface area contributed by atoms with E-state index in [4.69, 9.17) is 9.15 Å². The predicted octanol–water partition coefficient (Wildman–Crippen LogP) is 2.78. The smallest absolute Gasteiger partial charge is 0.197 e. The van der Waals surface area contributed by atoms with E-state index in [1.807, 2.05) is 24.3 Å². The van der Waals surface area contributed by atoms with Gasteiger partial charge in [0.1, 0.15) is 5.52 Å². The van der Waals surface area contributed by atoms with E-state index < -0.39 is 0 Å². The summed E-state index contributed by atoms with van der Waals surface area (Å²) in [7, 11) is 0. The van der Waals surface area contributed by atoms with E-state index >= 15 is 0 Å². The SMILES string of the molecule is CCNC(Cc1nc2ccccc2o1)C1CCOCC1. The monoisotopic (exact) mass is 274 g/mol. The third-order valence-corrected chi connectivity index (χ3v) is 4.03. The molecule has 1 N–H and O–H groups in total. The molecule has 20 heavy (non-hydrogen) atoms. The van der Waals surface area contributed by atoms with Crippen molar-refractivity contribution in [3.8, 4) is 0 Å². The predicted molar refractivity (Wildman–Crippen MR) is 78.7 cm³/mol. The Morgan fingerprint density at radius 3 is 2.85 bits per heavy atom. The first-order valence-corrected chi connectivity index (χ1v) is 7.52. The number of likely N-dealkylation sites (N-methyl/N-ethyl adjacent to an activating group) is 1. The number of benzene rings is 1. The van der Waals surface area contributed by atoms with E-state index in [9.17, 15) is 0 Å². The highest BCUT2D eigenvalue weighted by Crippen LogP contribution is 2.23. The number of nitrogens with one attached hydrogen (secondary N) is 1. The maximum Gasteiger partial charge on any atom is 0.197 e. The van der Waals surface area contributed by atoms with Gasteiger partial charge in [-0.3, -0.25) is 0 Å². The lowest BCUT2D eigenvalue weighted by Crippen LogP contribution is -2.40. The Morgan fingerprint density at radius 2 is 2.10 bits per heavy atom. The highest BCUT2D eigenvalue weighted by Gasteiger charge is 2.25. The molecule has 4 nitrogen and oxygen atoms in total. The number of nitrogens with zero attached hydrogens (tertiary/aromatic N) is 1. The van der Waals surface area contributed by atoms with Gasteiger partial charge in [0, 0.05) is 25.7 Å². The van der Waals surface area contributed by atoms with E-state index in [0.29, 0.717) is 12.0 Å². The van der Waals surface area contributed by atoms with Crippen LogP contribution in [0.25, 0.3) is 11.1 Å². The van der Waals surface area contributed by atoms with E-state index in [0.717, 1.165) is 56.0 Å². The minimum Gasteiger partial charge on any atom is -0.441 e. The van der Waals surface area contributed by atoms with Gasteiger partial charge in [-0.15, -0.1) is 0 Å². The molecule has 1 saturated heterocycles. The van der Waals surface area contributed by atoms with Gasteiger partial charge in [-0.05, 0) is 37.4 Å². The second-order valence-corrected chi connectivity index (χ2v) is 5.39. The molecule has 1 aromatic heterocycles. The maximum atomic E-state index is 5.85. The molecule has 0 spiro atoms. The summed E-state index contributed by atoms with van der Waals surface area (Å²) in [5.41, 5.74) is 1.83. The zero-order valence-corrected chi connectivity index (χ0v) is 12.0. The van der Waals surface area contributed by atoms with Crippen LogP contribution < -0.4 is 5.32 Å². The van der Waals surface area contributed by atoms with Crippen LogP contribution in [0.5, 0.6) is 0 Å². The Kier molecular flexibility index (Phi) is 4.33. The summed E-state index contributed by atoms with van der Waals surface area (Å²) in [6.45, 7) is 4.88. The molecule has 1 aromatic carbocycles. The molecular formula is C16H22N2O2. The van der Waals surface area contributed by atoms with Gasteiger partial charge in [-0.1, -0.05) is 19.1 Å². The lowest BCUT2D eigenvalue weighted by molar-refractivity contribution is 0.0532. The van der Waals surface area contributed by atoms with Crippen molar-refractivity contribution in [3.63, 3.8) is 0 Å². The van der Waals surface area contributed by atoms with Gasteiger partial charge in [0.25, 0.3) is 0 Å². The standard InChI is InChI=1S/C16H22N2O2/c1-2-17-14(12-7-9-19-10-8-12)11-16-18-13-5-3-4-6-15(13)20-16/h3-6,12,14,17H,2,7-11H2,1H3. The zero-order valence-electron chi connectivity index (χ0n) is 12.0. The molecule has 4 heteroatoms. The van der Waals surface area contributed by atoms with Crippen LogP contribution >= 0.6 is 0 Å². The minimum atomic E-state index is 0.428. The van der Waals surface area contributed by atoms with Gasteiger partial charge in [0.2, 0.25) is 0 Å². The molecule has 0 saturated carbocycles. The highest BCUT2D eigenvalue weighted by atomic mass is 16.5. The fourth-order valence-electron chi connectivity index (χ4n) is 2.98. The van der Waals surface area contributed by atoms with E-state index in [1.165, 1.54) is 0 Å². The molecule has 1 fully saturated rings. The van der Waals surface area contributed by atoms with Crippen molar-refractivity contribution in [2.24, 2.45) is 5.92 Å². The molecule has 0 radical (unpaired) electrons. The number of hydrogen-bond donors (Lipinski definition) is 1. The number of aromatic nitrogens is 1. The second kappa shape index (κ2) is 6.37. The van der Waals surface area contributed by atoms with Gasteiger partial charge in [0.05, 0.1) is 0 Å². The fourth-order valence-corrected chi connectivity index (χ4v) is 2.98. The van der Waals surface area contributed by atoms with E-state index in [2.05, 4.69) is 17.2 Å². The molecule has 1 aliphatic heterocycles. The van der Waals surface area contributed by atoms with Crippen LogP contribution in [0.4, 0.5) is 0 Å². The van der Waals surface area contributed by atoms with E-state index in [-0.39, 0.29) is 0 Å². The Labute approximate surface area is 119 Å². The molecule has 1 atom stereocenters. The van der Waals surface area contributed by atoms with Crippen LogP contribution in [0, 0.1) is 5.92 Å². The maximum absolute atomic E-state index is 5.85. The third-order valence-electron chi connectivity index (χ3n) is 4.03. The van der Waals surface area contributed by atoms with Crippen molar-refractivity contribution in [2.45, 2.75) is 32.2 Å². The number of rotatable bonds is 5. The summed E-state index contributed by atoms with van der Waals surface area (Å²) in [6, 6.07) is 8.38. The van der Waals surface area contributed by atoms with Crippen LogP contribution in [-0.4, -0.2) is 30.8 Å². The highest BCUT2D eigenvalue weighted by molar-refractivity contribution is 5.72. The minimum absolute atomic E-state index is 0.428. The third kappa shape index (κ3) is 3.02. The van der Waals surface area contributed by atoms with Crippen LogP contribution in [-0.2, 0) is 11.2 Å². The normalized spacial score (nSPS) is 18.4. The zero-order chi connectivity index (χ0) is 13.8. The van der Waals surface area contributed by atoms with Crippen molar-refractivity contribution < 1.29 is 9.15 Å². The van der Waals surface area contributed by atoms with Crippen molar-refractivity contribution in [1.29, 1.82) is 0 Å². The van der Waals surface area contributed by atoms with Gasteiger partial charge in [-0.25, -0.2) is 4.98 Å². The summed E-state index contributed by atoms with van der Waals surface area (Å²) < 4.78 is 11.3. The molecule has 1 aliphatic rings. The summed E-state index contributed by atoms with van der Waals surface area (Å²) in [5.74, 6) is 1.49. The number of oxazole rings is 1. The lowest BCUT2D eigenvalue weighted by atomic mass is 9.89. The topological polar surface area (TPSA) is 47.3 Å². The van der Waals surface area contributed by atoms with Gasteiger partial charge < -0.3 is 14.5 Å². The largest absolute Gasteiger partial charge is 0.441 e. The molecule has 2 aromatic rings. The summed E-state index contributed by atoms with van der Waals surface area (Å²) >= 11 is 0. The van der Waals surface area contributed by atoms with Crippen LogP contribution in [0.2, 0.25) is 0 Å². The number of para-hydroxylation sites is 2. The molecule has 0 aliphatic carbocycles. The average molecular weight is 274 g/mol. The molecule has 0 amide bonds. The molecule has 0 bridgehead atoms. The first-order valence-electron chi connectivity index (χ1n) is 7.52. The van der Waals surface area contributed by atoms with Crippen LogP contribution in [0.15, 0.2) is 28.7 Å². The van der Waals surface area contributed by atoms with Gasteiger partial charge in [0.15, 0.2) is 11.5 Å². The van der Waals surface area contributed by atoms with Crippen molar-refractivity contribution >= 4 is 11.1 Å². The van der Waals surface area contributed by atoms with Crippen LogP contribution in [0.3, 0.4) is 0 Å². The number of hydrogen-bond acceptors (Lipinski definition) is 4. The Bertz CT molecular complexity index is 513. The Morgan fingerprint density at radius 1 is 1.30 bits per heavy atom. The van der Waals surface area contributed by atoms with Crippen molar-refractivity contribution in [2.75, 3.05) is 19.8 Å². The van der Waals surface area contributed by atoms with Crippen molar-refractivity contribution in [1.82, 2.24) is 10.3 Å². The number of fused-ring (bicyclic) bond motifs is 1. The van der Waals surface area contributed by atoms with Gasteiger partial charge >= 0.3 is 0 Å². The summed E-state index contributed by atoms with van der Waals surface area (Å²) in [4.78, 5) is 4.59. The molecule has 108 valence electrons. The summed E-state index contributed by atoms with van der Waals surface area (Å²) in [6.07, 6.45) is 3.10. The first kappa shape index (κ1) is 13.6. The molecule has 3 rings (SSSR count). The molecular weight excluding hydrogens is 252 g/mol.